The van der Waals surface area contributed by atoms with Crippen molar-refractivity contribution in [2.24, 2.45) is 5.92 Å². The van der Waals surface area contributed by atoms with Crippen LogP contribution in [-0.4, -0.2) is 37.0 Å². The summed E-state index contributed by atoms with van der Waals surface area (Å²) in [7, 11) is 1.35. The first-order valence-corrected chi connectivity index (χ1v) is 10.3. The van der Waals surface area contributed by atoms with Gasteiger partial charge < -0.3 is 10.1 Å². The van der Waals surface area contributed by atoms with Crippen LogP contribution in [0.15, 0.2) is 41.8 Å². The lowest BCUT2D eigenvalue weighted by Gasteiger charge is -2.32. The zero-order chi connectivity index (χ0) is 19.9. The SMILES string of the molecule is COC(=O)CC(NC(=O)C1CCCN(Cc2cccc(F)c2)C1)c1cccs1. The number of methoxy groups -OCH3 is 1. The van der Waals surface area contributed by atoms with Crippen LogP contribution in [0, 0.1) is 11.7 Å². The van der Waals surface area contributed by atoms with E-state index in [1.165, 1.54) is 30.6 Å². The Morgan fingerprint density at radius 1 is 1.36 bits per heavy atom. The number of ether oxygens (including phenoxy) is 1. The van der Waals surface area contributed by atoms with Crippen LogP contribution in [0.1, 0.15) is 35.7 Å². The molecule has 7 heteroatoms. The average Bonchev–Trinajstić information content (AvgIpc) is 3.22. The molecule has 1 fully saturated rings. The number of carbonyl (C=O) groups is 2. The minimum Gasteiger partial charge on any atom is -0.469 e. The minimum absolute atomic E-state index is 0.0498. The monoisotopic (exact) mass is 404 g/mol. The largest absolute Gasteiger partial charge is 0.469 e. The highest BCUT2D eigenvalue weighted by atomic mass is 32.1. The first kappa shape index (κ1) is 20.5. The fourth-order valence-electron chi connectivity index (χ4n) is 3.56. The molecule has 0 spiro atoms. The van der Waals surface area contributed by atoms with Crippen molar-refractivity contribution in [3.8, 4) is 0 Å². The highest BCUT2D eigenvalue weighted by Gasteiger charge is 2.29. The summed E-state index contributed by atoms with van der Waals surface area (Å²) in [6, 6.07) is 10.0. The summed E-state index contributed by atoms with van der Waals surface area (Å²) in [6.45, 7) is 2.13. The number of carbonyl (C=O) groups excluding carboxylic acids is 2. The third-order valence-electron chi connectivity index (χ3n) is 4.97. The Labute approximate surface area is 168 Å². The van der Waals surface area contributed by atoms with Gasteiger partial charge in [-0.15, -0.1) is 11.3 Å². The van der Waals surface area contributed by atoms with Crippen LogP contribution in [0.4, 0.5) is 4.39 Å². The first-order chi connectivity index (χ1) is 13.5. The number of esters is 1. The van der Waals surface area contributed by atoms with Gasteiger partial charge >= 0.3 is 5.97 Å². The maximum atomic E-state index is 13.4. The van der Waals surface area contributed by atoms with Crippen LogP contribution in [0.3, 0.4) is 0 Å². The Bertz CT molecular complexity index is 797. The quantitative estimate of drug-likeness (QED) is 0.718. The summed E-state index contributed by atoms with van der Waals surface area (Å²) in [5.41, 5.74) is 0.906. The lowest BCUT2D eigenvalue weighted by atomic mass is 9.96. The maximum Gasteiger partial charge on any atom is 0.307 e. The number of rotatable bonds is 7. The summed E-state index contributed by atoms with van der Waals surface area (Å²) >= 11 is 1.51. The van der Waals surface area contributed by atoms with Gasteiger partial charge in [-0.3, -0.25) is 14.5 Å². The molecule has 1 aromatic carbocycles. The van der Waals surface area contributed by atoms with Crippen LogP contribution in [-0.2, 0) is 20.9 Å². The van der Waals surface area contributed by atoms with Crippen molar-refractivity contribution in [1.82, 2.24) is 10.2 Å². The van der Waals surface area contributed by atoms with E-state index < -0.39 is 0 Å². The van der Waals surface area contributed by atoms with Gasteiger partial charge in [0.2, 0.25) is 5.91 Å². The third-order valence-corrected chi connectivity index (χ3v) is 5.96. The molecular weight excluding hydrogens is 379 g/mol. The number of amides is 1. The molecule has 1 aliphatic rings. The summed E-state index contributed by atoms with van der Waals surface area (Å²) in [5, 5.41) is 4.96. The molecule has 1 aromatic heterocycles. The first-order valence-electron chi connectivity index (χ1n) is 9.42. The minimum atomic E-state index is -0.376. The smallest absolute Gasteiger partial charge is 0.307 e. The zero-order valence-electron chi connectivity index (χ0n) is 15.9. The number of benzene rings is 1. The lowest BCUT2D eigenvalue weighted by Crippen LogP contribution is -2.43. The Morgan fingerprint density at radius 2 is 2.21 bits per heavy atom. The van der Waals surface area contributed by atoms with Gasteiger partial charge in [-0.05, 0) is 48.5 Å². The van der Waals surface area contributed by atoms with E-state index >= 15 is 0 Å². The highest BCUT2D eigenvalue weighted by molar-refractivity contribution is 7.10. The van der Waals surface area contributed by atoms with Gasteiger partial charge in [-0.1, -0.05) is 18.2 Å². The molecule has 150 valence electrons. The van der Waals surface area contributed by atoms with Crippen molar-refractivity contribution >= 4 is 23.2 Å². The van der Waals surface area contributed by atoms with Gasteiger partial charge in [0.25, 0.3) is 0 Å². The number of thiophene rings is 1. The van der Waals surface area contributed by atoms with Crippen molar-refractivity contribution in [2.75, 3.05) is 20.2 Å². The molecule has 5 nitrogen and oxygen atoms in total. The molecule has 2 aromatic rings. The molecule has 2 atom stereocenters. The van der Waals surface area contributed by atoms with Crippen molar-refractivity contribution in [3.05, 3.63) is 58.0 Å². The Hall–Kier alpha value is -2.25. The predicted octanol–water partition coefficient (Wildman–Crippen LogP) is 3.52. The van der Waals surface area contributed by atoms with E-state index in [9.17, 15) is 14.0 Å². The molecule has 0 radical (unpaired) electrons. The number of hydrogen-bond acceptors (Lipinski definition) is 5. The summed E-state index contributed by atoms with van der Waals surface area (Å²) in [5.74, 6) is -0.797. The van der Waals surface area contributed by atoms with E-state index in [1.54, 1.807) is 6.07 Å². The number of likely N-dealkylation sites (tertiary alicyclic amines) is 1. The van der Waals surface area contributed by atoms with Crippen LogP contribution >= 0.6 is 11.3 Å². The predicted molar refractivity (Wildman–Crippen MR) is 106 cm³/mol. The molecule has 0 aliphatic carbocycles. The zero-order valence-corrected chi connectivity index (χ0v) is 16.7. The van der Waals surface area contributed by atoms with E-state index in [0.29, 0.717) is 13.1 Å². The molecule has 1 saturated heterocycles. The van der Waals surface area contributed by atoms with Crippen LogP contribution in [0.25, 0.3) is 0 Å². The highest BCUT2D eigenvalue weighted by Crippen LogP contribution is 2.25. The molecule has 0 bridgehead atoms. The third kappa shape index (κ3) is 5.62. The molecule has 1 N–H and O–H groups in total. The molecule has 2 heterocycles. The van der Waals surface area contributed by atoms with Crippen molar-refractivity contribution < 1.29 is 18.7 Å². The number of halogens is 1. The van der Waals surface area contributed by atoms with Gasteiger partial charge in [0.15, 0.2) is 0 Å². The molecule has 3 rings (SSSR count). The van der Waals surface area contributed by atoms with Crippen LogP contribution < -0.4 is 5.32 Å². The van der Waals surface area contributed by atoms with Gasteiger partial charge in [-0.2, -0.15) is 0 Å². The van der Waals surface area contributed by atoms with E-state index in [4.69, 9.17) is 4.74 Å². The van der Waals surface area contributed by atoms with E-state index in [2.05, 4.69) is 10.2 Å². The van der Waals surface area contributed by atoms with E-state index in [1.807, 2.05) is 23.6 Å². The molecule has 1 aliphatic heterocycles. The summed E-state index contributed by atoms with van der Waals surface area (Å²) < 4.78 is 18.2. The maximum absolute atomic E-state index is 13.4. The standard InChI is InChI=1S/C21H25FN2O3S/c1-27-20(25)12-18(19-8-4-10-28-19)23-21(26)16-6-3-9-24(14-16)13-15-5-2-7-17(22)11-15/h2,4-5,7-8,10-11,16,18H,3,6,9,12-14H2,1H3,(H,23,26). The normalized spacial score (nSPS) is 18.4. The molecular formula is C21H25FN2O3S. The van der Waals surface area contributed by atoms with E-state index in [0.717, 1.165) is 29.8 Å². The molecule has 28 heavy (non-hydrogen) atoms. The topological polar surface area (TPSA) is 58.6 Å². The fourth-order valence-corrected chi connectivity index (χ4v) is 4.34. The second-order valence-corrected chi connectivity index (χ2v) is 8.04. The second-order valence-electron chi connectivity index (χ2n) is 7.06. The molecule has 0 saturated carbocycles. The number of piperidine rings is 1. The van der Waals surface area contributed by atoms with Gasteiger partial charge in [0, 0.05) is 18.0 Å². The van der Waals surface area contributed by atoms with Gasteiger partial charge in [-0.25, -0.2) is 4.39 Å². The molecule has 2 unspecified atom stereocenters. The summed E-state index contributed by atoms with van der Waals surface area (Å²) in [6.07, 6.45) is 1.83. The second kappa shape index (κ2) is 9.80. The summed E-state index contributed by atoms with van der Waals surface area (Å²) in [4.78, 5) is 27.8. The van der Waals surface area contributed by atoms with Gasteiger partial charge in [0.1, 0.15) is 5.82 Å². The van der Waals surface area contributed by atoms with E-state index in [-0.39, 0.29) is 36.1 Å². The lowest BCUT2D eigenvalue weighted by molar-refractivity contribution is -0.141. The Morgan fingerprint density at radius 3 is 2.93 bits per heavy atom. The van der Waals surface area contributed by atoms with Crippen molar-refractivity contribution in [3.63, 3.8) is 0 Å². The Balaban J connectivity index is 1.61. The van der Waals surface area contributed by atoms with Crippen LogP contribution in [0.5, 0.6) is 0 Å². The number of nitrogens with zero attached hydrogens (tertiary/aromatic N) is 1. The number of hydrogen-bond donors (Lipinski definition) is 1. The number of nitrogens with one attached hydrogen (secondary N) is 1. The molecule has 1 amide bonds. The fraction of sp³-hybridized carbons (Fsp3) is 0.429. The van der Waals surface area contributed by atoms with Gasteiger partial charge in [0.05, 0.1) is 25.5 Å². The average molecular weight is 405 g/mol. The van der Waals surface area contributed by atoms with Crippen molar-refractivity contribution in [1.29, 1.82) is 0 Å². The van der Waals surface area contributed by atoms with Crippen molar-refractivity contribution in [2.45, 2.75) is 31.8 Å². The Kier molecular flexibility index (Phi) is 7.17. The van der Waals surface area contributed by atoms with Crippen LogP contribution in [0.2, 0.25) is 0 Å².